The molecule has 0 saturated carbocycles. The Morgan fingerprint density at radius 1 is 1.59 bits per heavy atom. The Hall–Kier alpha value is -1.77. The van der Waals surface area contributed by atoms with Crippen molar-refractivity contribution in [3.05, 3.63) is 38.6 Å². The molecule has 4 rings (SSSR count). The molecule has 22 heavy (non-hydrogen) atoms. The van der Waals surface area contributed by atoms with Crippen LogP contribution in [0.1, 0.15) is 21.4 Å². The molecule has 2 saturated heterocycles. The SMILES string of the molecule is [2H]C[C@@]12CO[C@@H]([C@H](n3cc(-c4nccs4)c(=O)[nH]c3=O)O1)[C@@H]2C. The van der Waals surface area contributed by atoms with E-state index in [2.05, 4.69) is 9.97 Å². The molecule has 0 amide bonds. The number of aromatic amines is 1. The Morgan fingerprint density at radius 3 is 3.14 bits per heavy atom. The number of fused-ring (bicyclic) bond motifs is 2. The highest BCUT2D eigenvalue weighted by atomic mass is 32.1. The summed E-state index contributed by atoms with van der Waals surface area (Å²) in [6.07, 6.45) is 2.11. The molecule has 2 aliphatic heterocycles. The number of H-pyrrole nitrogens is 1. The molecule has 7 nitrogen and oxygen atoms in total. The van der Waals surface area contributed by atoms with Gasteiger partial charge in [-0.05, 0) is 6.90 Å². The van der Waals surface area contributed by atoms with Crippen LogP contribution in [0.15, 0.2) is 27.4 Å². The first-order valence-electron chi connectivity index (χ1n) is 7.60. The fraction of sp³-hybridized carbons (Fsp3) is 0.500. The van der Waals surface area contributed by atoms with E-state index in [4.69, 9.17) is 10.8 Å². The second-order valence-electron chi connectivity index (χ2n) is 5.68. The lowest BCUT2D eigenvalue weighted by Crippen LogP contribution is -2.40. The summed E-state index contributed by atoms with van der Waals surface area (Å²) in [6, 6.07) is 0. The zero-order valence-electron chi connectivity index (χ0n) is 12.8. The maximum atomic E-state index is 12.2. The van der Waals surface area contributed by atoms with Crippen LogP contribution >= 0.6 is 11.3 Å². The zero-order valence-corrected chi connectivity index (χ0v) is 12.6. The van der Waals surface area contributed by atoms with E-state index in [-0.39, 0.29) is 18.9 Å². The lowest BCUT2D eigenvalue weighted by molar-refractivity contribution is -0.166. The lowest BCUT2D eigenvalue weighted by atomic mass is 9.93. The van der Waals surface area contributed by atoms with Crippen LogP contribution in [0.5, 0.6) is 0 Å². The van der Waals surface area contributed by atoms with Crippen molar-refractivity contribution in [2.45, 2.75) is 31.8 Å². The van der Waals surface area contributed by atoms with E-state index in [1.54, 1.807) is 11.6 Å². The average Bonchev–Trinajstić information content (AvgIpc) is 3.23. The van der Waals surface area contributed by atoms with E-state index in [0.29, 0.717) is 17.2 Å². The molecule has 4 atom stereocenters. The van der Waals surface area contributed by atoms with Gasteiger partial charge in [-0.2, -0.15) is 0 Å². The summed E-state index contributed by atoms with van der Waals surface area (Å²) in [7, 11) is 0. The highest BCUT2D eigenvalue weighted by Gasteiger charge is 2.57. The fourth-order valence-corrected chi connectivity index (χ4v) is 3.63. The Kier molecular flexibility index (Phi) is 2.67. The number of rotatable bonds is 2. The van der Waals surface area contributed by atoms with Crippen LogP contribution in [0, 0.1) is 5.92 Å². The molecular formula is C14H15N3O4S. The Balaban J connectivity index is 1.80. The minimum Gasteiger partial charge on any atom is -0.370 e. The predicted molar refractivity (Wildman–Crippen MR) is 79.9 cm³/mol. The molecule has 0 spiro atoms. The predicted octanol–water partition coefficient (Wildman–Crippen LogP) is 0.982. The van der Waals surface area contributed by atoms with Crippen LogP contribution in [0.3, 0.4) is 0 Å². The van der Waals surface area contributed by atoms with Gasteiger partial charge in [0, 0.05) is 25.1 Å². The molecule has 8 heteroatoms. The van der Waals surface area contributed by atoms with Crippen molar-refractivity contribution >= 4 is 11.3 Å². The normalized spacial score (nSPS) is 34.0. The maximum absolute atomic E-state index is 12.2. The van der Waals surface area contributed by atoms with Crippen LogP contribution in [0.4, 0.5) is 0 Å². The molecule has 0 aliphatic carbocycles. The third-order valence-electron chi connectivity index (χ3n) is 4.38. The van der Waals surface area contributed by atoms with Gasteiger partial charge in [-0.25, -0.2) is 9.78 Å². The van der Waals surface area contributed by atoms with Crippen LogP contribution < -0.4 is 11.2 Å². The summed E-state index contributed by atoms with van der Waals surface area (Å²) in [4.78, 5) is 30.7. The minimum absolute atomic E-state index is 0.00661. The van der Waals surface area contributed by atoms with Crippen LogP contribution in [0.2, 0.25) is 0 Å². The second kappa shape index (κ2) is 4.61. The first-order chi connectivity index (χ1) is 11.1. The van der Waals surface area contributed by atoms with Gasteiger partial charge in [0.2, 0.25) is 0 Å². The number of ether oxygens (including phenoxy) is 2. The molecule has 2 aromatic rings. The first kappa shape index (κ1) is 12.7. The third kappa shape index (κ3) is 1.84. The monoisotopic (exact) mass is 322 g/mol. The molecule has 0 aromatic carbocycles. The van der Waals surface area contributed by atoms with E-state index >= 15 is 0 Å². The van der Waals surface area contributed by atoms with Crippen molar-refractivity contribution < 1.29 is 10.8 Å². The van der Waals surface area contributed by atoms with Crippen LogP contribution in [-0.2, 0) is 9.47 Å². The smallest absolute Gasteiger partial charge is 0.330 e. The summed E-state index contributed by atoms with van der Waals surface area (Å²) in [6.45, 7) is 2.39. The van der Waals surface area contributed by atoms with Gasteiger partial charge < -0.3 is 9.47 Å². The van der Waals surface area contributed by atoms with Gasteiger partial charge in [0.25, 0.3) is 5.56 Å². The number of hydrogen-bond donors (Lipinski definition) is 1. The Morgan fingerprint density at radius 2 is 2.45 bits per heavy atom. The van der Waals surface area contributed by atoms with Gasteiger partial charge in [0.05, 0.1) is 17.8 Å². The second-order valence-corrected chi connectivity index (χ2v) is 6.58. The summed E-state index contributed by atoms with van der Waals surface area (Å²) < 4.78 is 20.8. The van der Waals surface area contributed by atoms with E-state index in [9.17, 15) is 9.59 Å². The molecule has 0 unspecified atom stereocenters. The van der Waals surface area contributed by atoms with Gasteiger partial charge in [0.1, 0.15) is 11.1 Å². The van der Waals surface area contributed by atoms with Crippen molar-refractivity contribution in [1.82, 2.24) is 14.5 Å². The van der Waals surface area contributed by atoms with Crippen molar-refractivity contribution in [2.24, 2.45) is 5.92 Å². The largest absolute Gasteiger partial charge is 0.370 e. The fourth-order valence-electron chi connectivity index (χ4n) is 2.99. The summed E-state index contributed by atoms with van der Waals surface area (Å²) in [5.74, 6) is 0.00661. The lowest BCUT2D eigenvalue weighted by Gasteiger charge is -2.28. The molecule has 116 valence electrons. The highest BCUT2D eigenvalue weighted by molar-refractivity contribution is 7.13. The summed E-state index contributed by atoms with van der Waals surface area (Å²) >= 11 is 1.32. The molecule has 2 aliphatic rings. The third-order valence-corrected chi connectivity index (χ3v) is 5.19. The maximum Gasteiger partial charge on any atom is 0.330 e. The molecule has 2 bridgehead atoms. The molecule has 2 fully saturated rings. The number of aromatic nitrogens is 3. The molecule has 4 heterocycles. The minimum atomic E-state index is -0.688. The molecule has 0 radical (unpaired) electrons. The van der Waals surface area contributed by atoms with Crippen LogP contribution in [0.25, 0.3) is 10.6 Å². The quantitative estimate of drug-likeness (QED) is 0.891. The molecular weight excluding hydrogens is 306 g/mol. The standard InChI is InChI=1S/C14H15N3O4S/c1-7-9-12(21-14(7,2)6-20-9)17-5-8(10(18)16-13(17)19)11-15-3-4-22-11/h3-5,7,9,12H,6H2,1-2H3,(H,16,18,19)/t7-,9+,12+,14-/m0/s1/i2D. The summed E-state index contributed by atoms with van der Waals surface area (Å²) in [5, 5.41) is 2.30. The van der Waals surface area contributed by atoms with Crippen molar-refractivity contribution in [1.29, 1.82) is 0 Å². The number of nitrogens with zero attached hydrogens (tertiary/aromatic N) is 2. The Labute approximate surface area is 130 Å². The van der Waals surface area contributed by atoms with Gasteiger partial charge >= 0.3 is 5.69 Å². The number of nitrogens with one attached hydrogen (secondary N) is 1. The average molecular weight is 322 g/mol. The van der Waals surface area contributed by atoms with Crippen molar-refractivity contribution in [3.63, 3.8) is 0 Å². The van der Waals surface area contributed by atoms with E-state index in [1.807, 2.05) is 6.92 Å². The van der Waals surface area contributed by atoms with Crippen molar-refractivity contribution in [2.75, 3.05) is 6.61 Å². The van der Waals surface area contributed by atoms with E-state index in [0.717, 1.165) is 0 Å². The van der Waals surface area contributed by atoms with E-state index in [1.165, 1.54) is 22.1 Å². The summed E-state index contributed by atoms with van der Waals surface area (Å²) in [5.41, 5.74) is -1.40. The van der Waals surface area contributed by atoms with Gasteiger partial charge in [-0.15, -0.1) is 11.3 Å². The first-order valence-corrected chi connectivity index (χ1v) is 7.78. The topological polar surface area (TPSA) is 86.2 Å². The van der Waals surface area contributed by atoms with E-state index < -0.39 is 23.1 Å². The number of thiazole rings is 1. The van der Waals surface area contributed by atoms with Crippen LogP contribution in [-0.4, -0.2) is 32.8 Å². The molecule has 2 aromatic heterocycles. The Bertz CT molecular complexity index is 848. The van der Waals surface area contributed by atoms with Gasteiger partial charge in [-0.3, -0.25) is 14.3 Å². The zero-order chi connectivity index (χ0) is 16.2. The number of hydrogen-bond acceptors (Lipinski definition) is 6. The van der Waals surface area contributed by atoms with Gasteiger partial charge in [-0.1, -0.05) is 6.92 Å². The highest BCUT2D eigenvalue weighted by Crippen LogP contribution is 2.48. The molecule has 1 N–H and O–H groups in total. The van der Waals surface area contributed by atoms with Gasteiger partial charge in [0.15, 0.2) is 6.23 Å². The van der Waals surface area contributed by atoms with Crippen molar-refractivity contribution in [3.8, 4) is 10.6 Å².